The zero-order valence-corrected chi connectivity index (χ0v) is 11.7. The summed E-state index contributed by atoms with van der Waals surface area (Å²) in [6.45, 7) is 0. The molecule has 0 fully saturated rings. The van der Waals surface area contributed by atoms with Crippen molar-refractivity contribution < 1.29 is 13.5 Å². The van der Waals surface area contributed by atoms with E-state index < -0.39 is 5.82 Å². The number of halogens is 1. The van der Waals surface area contributed by atoms with Crippen molar-refractivity contribution in [3.8, 4) is 5.75 Å². The van der Waals surface area contributed by atoms with Crippen LogP contribution in [-0.2, 0) is 0 Å². The Labute approximate surface area is 124 Å². The quantitative estimate of drug-likeness (QED) is 0.493. The van der Waals surface area contributed by atoms with E-state index >= 15 is 0 Å². The van der Waals surface area contributed by atoms with Crippen LogP contribution in [0.2, 0.25) is 0 Å². The Morgan fingerprint density at radius 2 is 1.73 bits per heavy atom. The molecule has 0 saturated heterocycles. The highest BCUT2D eigenvalue weighted by atomic mass is 19.1. The van der Waals surface area contributed by atoms with Crippen LogP contribution in [-0.4, -0.2) is 7.11 Å². The fraction of sp³-hybridized carbons (Fsp3) is 0.0556. The van der Waals surface area contributed by atoms with Gasteiger partial charge in [-0.3, -0.25) is 4.79 Å². The van der Waals surface area contributed by atoms with Gasteiger partial charge in [-0.25, -0.2) is 4.39 Å². The van der Waals surface area contributed by atoms with Gasteiger partial charge >= 0.3 is 0 Å². The van der Waals surface area contributed by atoms with Crippen LogP contribution in [0.1, 0.15) is 0 Å². The van der Waals surface area contributed by atoms with Gasteiger partial charge in [0.05, 0.1) is 17.9 Å². The maximum absolute atomic E-state index is 13.3. The molecule has 0 saturated carbocycles. The molecule has 1 aromatic heterocycles. The van der Waals surface area contributed by atoms with Crippen molar-refractivity contribution in [3.05, 3.63) is 64.6 Å². The van der Waals surface area contributed by atoms with Crippen LogP contribution >= 0.6 is 0 Å². The number of rotatable bonds is 1. The maximum Gasteiger partial charge on any atom is 0.200 e. The van der Waals surface area contributed by atoms with Crippen LogP contribution in [0.25, 0.3) is 32.7 Å². The maximum atomic E-state index is 13.3. The van der Waals surface area contributed by atoms with Gasteiger partial charge in [0.1, 0.15) is 22.7 Å². The molecule has 0 atom stereocenters. The first kappa shape index (κ1) is 12.8. The lowest BCUT2D eigenvalue weighted by Gasteiger charge is -2.05. The molecular formula is C18H11FO3. The molecule has 1 heterocycles. The Morgan fingerprint density at radius 1 is 0.909 bits per heavy atom. The molecule has 0 aliphatic carbocycles. The molecule has 22 heavy (non-hydrogen) atoms. The highest BCUT2D eigenvalue weighted by molar-refractivity contribution is 5.99. The molecular weight excluding hydrogens is 283 g/mol. The van der Waals surface area contributed by atoms with Gasteiger partial charge in [0.2, 0.25) is 5.43 Å². The van der Waals surface area contributed by atoms with Crippen LogP contribution < -0.4 is 10.2 Å². The highest BCUT2D eigenvalue weighted by Gasteiger charge is 2.10. The number of fused-ring (bicyclic) bond motifs is 3. The summed E-state index contributed by atoms with van der Waals surface area (Å²) in [6.07, 6.45) is 0. The molecule has 3 nitrogen and oxygen atoms in total. The Bertz CT molecular complexity index is 1100. The first-order chi connectivity index (χ1) is 10.7. The molecule has 3 aromatic carbocycles. The average molecular weight is 294 g/mol. The lowest BCUT2D eigenvalue weighted by Crippen LogP contribution is -2.02. The van der Waals surface area contributed by atoms with Gasteiger partial charge in [0.15, 0.2) is 0 Å². The normalized spacial score (nSPS) is 11.4. The molecule has 0 aliphatic heterocycles. The number of ether oxygens (including phenoxy) is 1. The third-order valence-electron chi connectivity index (χ3n) is 3.80. The molecule has 0 N–H and O–H groups in total. The number of hydrogen-bond acceptors (Lipinski definition) is 3. The minimum atomic E-state index is -0.430. The Morgan fingerprint density at radius 3 is 2.55 bits per heavy atom. The number of hydrogen-bond donors (Lipinski definition) is 0. The van der Waals surface area contributed by atoms with Crippen molar-refractivity contribution >= 4 is 32.7 Å². The largest absolute Gasteiger partial charge is 0.497 e. The van der Waals surface area contributed by atoms with Gasteiger partial charge in [-0.1, -0.05) is 6.07 Å². The van der Waals surface area contributed by atoms with Gasteiger partial charge in [-0.05, 0) is 47.2 Å². The summed E-state index contributed by atoms with van der Waals surface area (Å²) in [6, 6.07) is 13.1. The third kappa shape index (κ3) is 1.84. The van der Waals surface area contributed by atoms with Gasteiger partial charge < -0.3 is 9.15 Å². The average Bonchev–Trinajstić information content (AvgIpc) is 2.53. The second kappa shape index (κ2) is 4.56. The fourth-order valence-electron chi connectivity index (χ4n) is 2.68. The summed E-state index contributed by atoms with van der Waals surface area (Å²) in [7, 11) is 1.60. The van der Waals surface area contributed by atoms with Crippen molar-refractivity contribution in [2.24, 2.45) is 0 Å². The van der Waals surface area contributed by atoms with Gasteiger partial charge in [0.25, 0.3) is 0 Å². The Hall–Kier alpha value is -2.88. The summed E-state index contributed by atoms with van der Waals surface area (Å²) < 4.78 is 24.2. The van der Waals surface area contributed by atoms with E-state index in [1.54, 1.807) is 19.2 Å². The van der Waals surface area contributed by atoms with E-state index in [2.05, 4.69) is 0 Å². The lowest BCUT2D eigenvalue weighted by molar-refractivity contribution is 0.415. The van der Waals surface area contributed by atoms with Crippen LogP contribution in [0.5, 0.6) is 5.75 Å². The predicted molar refractivity (Wildman–Crippen MR) is 84.0 cm³/mol. The summed E-state index contributed by atoms with van der Waals surface area (Å²) in [5.41, 5.74) is 0.534. The summed E-state index contributed by atoms with van der Waals surface area (Å²) in [4.78, 5) is 12.6. The lowest BCUT2D eigenvalue weighted by atomic mass is 10.1. The Kier molecular flexibility index (Phi) is 2.66. The van der Waals surface area contributed by atoms with E-state index in [1.807, 2.05) is 18.2 Å². The van der Waals surface area contributed by atoms with Gasteiger partial charge in [-0.2, -0.15) is 0 Å². The van der Waals surface area contributed by atoms with Crippen molar-refractivity contribution in [2.75, 3.05) is 7.11 Å². The molecule has 0 spiro atoms. The summed E-state index contributed by atoms with van der Waals surface area (Å²) >= 11 is 0. The molecule has 0 aliphatic rings. The highest BCUT2D eigenvalue weighted by Crippen LogP contribution is 2.27. The van der Waals surface area contributed by atoms with E-state index in [0.717, 1.165) is 16.5 Å². The minimum absolute atomic E-state index is 0.166. The smallest absolute Gasteiger partial charge is 0.200 e. The van der Waals surface area contributed by atoms with Crippen LogP contribution in [0.3, 0.4) is 0 Å². The number of methoxy groups -OCH3 is 1. The van der Waals surface area contributed by atoms with E-state index in [9.17, 15) is 9.18 Å². The topological polar surface area (TPSA) is 39.4 Å². The molecule has 0 radical (unpaired) electrons. The monoisotopic (exact) mass is 294 g/mol. The van der Waals surface area contributed by atoms with Crippen molar-refractivity contribution in [3.63, 3.8) is 0 Å². The molecule has 4 heteroatoms. The molecule has 108 valence electrons. The Balaban J connectivity index is 2.16. The predicted octanol–water partition coefficient (Wildman–Crippen LogP) is 4.25. The first-order valence-electron chi connectivity index (χ1n) is 6.79. The second-order valence-electron chi connectivity index (χ2n) is 5.13. The summed E-state index contributed by atoms with van der Waals surface area (Å²) in [5.74, 6) is 0.291. The van der Waals surface area contributed by atoms with Crippen LogP contribution in [0, 0.1) is 5.82 Å². The van der Waals surface area contributed by atoms with Crippen LogP contribution in [0.4, 0.5) is 4.39 Å². The van der Waals surface area contributed by atoms with Crippen molar-refractivity contribution in [2.45, 2.75) is 0 Å². The standard InChI is InChI=1S/C18H11FO3/c1-21-13-4-2-10-8-16-15(7-11(10)6-13)18(20)14-5-3-12(19)9-17(14)22-16/h2-9H,1H3. The molecule has 0 bridgehead atoms. The molecule has 4 rings (SSSR count). The molecule has 0 amide bonds. The molecule has 4 aromatic rings. The second-order valence-corrected chi connectivity index (χ2v) is 5.13. The van der Waals surface area contributed by atoms with E-state index in [1.165, 1.54) is 18.2 Å². The van der Waals surface area contributed by atoms with E-state index in [4.69, 9.17) is 9.15 Å². The van der Waals surface area contributed by atoms with E-state index in [-0.39, 0.29) is 11.0 Å². The first-order valence-corrected chi connectivity index (χ1v) is 6.79. The summed E-state index contributed by atoms with van der Waals surface area (Å²) in [5, 5.41) is 2.66. The van der Waals surface area contributed by atoms with E-state index in [0.29, 0.717) is 16.4 Å². The van der Waals surface area contributed by atoms with Gasteiger partial charge in [-0.15, -0.1) is 0 Å². The minimum Gasteiger partial charge on any atom is -0.497 e. The van der Waals surface area contributed by atoms with Gasteiger partial charge in [0, 0.05) is 6.07 Å². The van der Waals surface area contributed by atoms with Crippen molar-refractivity contribution in [1.29, 1.82) is 0 Å². The third-order valence-corrected chi connectivity index (χ3v) is 3.80. The number of benzene rings is 3. The van der Waals surface area contributed by atoms with Crippen LogP contribution in [0.15, 0.2) is 57.7 Å². The fourth-order valence-corrected chi connectivity index (χ4v) is 2.68. The zero-order chi connectivity index (χ0) is 15.3. The zero-order valence-electron chi connectivity index (χ0n) is 11.7. The molecule has 0 unspecified atom stereocenters. The SMILES string of the molecule is COc1ccc2cc3oc4cc(F)ccc4c(=O)c3cc2c1. The van der Waals surface area contributed by atoms with Crippen molar-refractivity contribution in [1.82, 2.24) is 0 Å².